The first-order valence-corrected chi connectivity index (χ1v) is 15.2. The first-order chi connectivity index (χ1) is 18.8. The van der Waals surface area contributed by atoms with E-state index < -0.39 is 33.2 Å². The number of carbonyl (C=O) groups excluding carboxylic acids is 2. The summed E-state index contributed by atoms with van der Waals surface area (Å²) in [6, 6.07) is 3.14. The van der Waals surface area contributed by atoms with E-state index in [-0.39, 0.29) is 30.0 Å². The highest BCUT2D eigenvalue weighted by Crippen LogP contribution is 2.39. The minimum absolute atomic E-state index is 0.0344. The Balaban J connectivity index is 1.38. The molecular weight excluding hydrogens is 549 g/mol. The highest BCUT2D eigenvalue weighted by atomic mass is 32.2. The van der Waals surface area contributed by atoms with Gasteiger partial charge in [0.1, 0.15) is 0 Å². The number of amides is 2. The van der Waals surface area contributed by atoms with E-state index >= 15 is 0 Å². The maximum absolute atomic E-state index is 13.5. The molecular formula is C26H33F3N6O4S. The Morgan fingerprint density at radius 2 is 1.88 bits per heavy atom. The molecule has 0 bridgehead atoms. The average molecular weight is 583 g/mol. The van der Waals surface area contributed by atoms with Gasteiger partial charge in [-0.3, -0.25) is 14.3 Å². The fraction of sp³-hybridized carbons (Fsp3) is 0.577. The largest absolute Gasteiger partial charge is 0.417 e. The van der Waals surface area contributed by atoms with Crippen molar-refractivity contribution >= 4 is 21.8 Å². The standard InChI is InChI=1S/C26H33F3N6O4S/c1-40(38,39)34-12-5-21-19(16-34)22(17-3-4-20(26(27,28)29)18(15-17)23(30)36)32-35(21)11-2-10-33-13-7-25(8-14-33)6-9-31-24(25)37/h3-4,15H,2,5-14,16H2,1H3,(H2,30,36)(H,31,37). The molecule has 2 amide bonds. The van der Waals surface area contributed by atoms with E-state index in [9.17, 15) is 31.2 Å². The summed E-state index contributed by atoms with van der Waals surface area (Å²) in [5, 5.41) is 7.66. The van der Waals surface area contributed by atoms with Crippen LogP contribution in [0.15, 0.2) is 18.2 Å². The number of primary amides is 1. The zero-order valence-corrected chi connectivity index (χ0v) is 23.1. The smallest absolute Gasteiger partial charge is 0.366 e. The number of nitrogens with two attached hydrogens (primary N) is 1. The highest BCUT2D eigenvalue weighted by Gasteiger charge is 2.44. The van der Waals surface area contributed by atoms with Gasteiger partial charge in [0.15, 0.2) is 0 Å². The van der Waals surface area contributed by atoms with Crippen LogP contribution in [-0.4, -0.2) is 78.2 Å². The average Bonchev–Trinajstić information content (AvgIpc) is 3.43. The van der Waals surface area contributed by atoms with Crippen molar-refractivity contribution in [2.24, 2.45) is 11.1 Å². The number of hydrogen-bond donors (Lipinski definition) is 2. The Morgan fingerprint density at radius 3 is 2.48 bits per heavy atom. The molecule has 1 aromatic carbocycles. The molecule has 3 aliphatic rings. The van der Waals surface area contributed by atoms with Gasteiger partial charge < -0.3 is 16.0 Å². The van der Waals surface area contributed by atoms with Gasteiger partial charge in [-0.2, -0.15) is 22.6 Å². The van der Waals surface area contributed by atoms with Crippen LogP contribution < -0.4 is 11.1 Å². The summed E-state index contributed by atoms with van der Waals surface area (Å²) in [5.41, 5.74) is 5.30. The van der Waals surface area contributed by atoms with Crippen molar-refractivity contribution in [3.8, 4) is 11.3 Å². The predicted octanol–water partition coefficient (Wildman–Crippen LogP) is 1.98. The summed E-state index contributed by atoms with van der Waals surface area (Å²) < 4.78 is 68.1. The van der Waals surface area contributed by atoms with Crippen LogP contribution in [0.25, 0.3) is 11.3 Å². The lowest BCUT2D eigenvalue weighted by atomic mass is 9.77. The number of carbonyl (C=O) groups is 2. The van der Waals surface area contributed by atoms with Gasteiger partial charge in [-0.15, -0.1) is 0 Å². The number of piperidine rings is 1. The van der Waals surface area contributed by atoms with Gasteiger partial charge in [0.05, 0.1) is 28.5 Å². The lowest BCUT2D eigenvalue weighted by molar-refractivity contribution is -0.138. The van der Waals surface area contributed by atoms with E-state index in [1.54, 1.807) is 0 Å². The van der Waals surface area contributed by atoms with Gasteiger partial charge in [0.25, 0.3) is 0 Å². The van der Waals surface area contributed by atoms with Gasteiger partial charge in [-0.05, 0) is 57.5 Å². The van der Waals surface area contributed by atoms with Gasteiger partial charge in [-0.1, -0.05) is 6.07 Å². The molecule has 40 heavy (non-hydrogen) atoms. The Labute approximate surface area is 230 Å². The maximum Gasteiger partial charge on any atom is 0.417 e. The molecule has 10 nitrogen and oxygen atoms in total. The van der Waals surface area contributed by atoms with E-state index in [0.717, 1.165) is 75.9 Å². The van der Waals surface area contributed by atoms with Crippen LogP contribution in [0.4, 0.5) is 13.2 Å². The van der Waals surface area contributed by atoms with Gasteiger partial charge in [-0.25, -0.2) is 8.42 Å². The summed E-state index contributed by atoms with van der Waals surface area (Å²) in [6.07, 6.45) is 0.0545. The number of benzene rings is 1. The summed E-state index contributed by atoms with van der Waals surface area (Å²) in [5.74, 6) is -1.05. The molecule has 3 N–H and O–H groups in total. The van der Waals surface area contributed by atoms with E-state index in [2.05, 4.69) is 10.2 Å². The van der Waals surface area contributed by atoms with Crippen molar-refractivity contribution in [2.45, 2.75) is 51.4 Å². The predicted molar refractivity (Wildman–Crippen MR) is 140 cm³/mol. The Bertz CT molecular complexity index is 1430. The van der Waals surface area contributed by atoms with Crippen LogP contribution in [0, 0.1) is 5.41 Å². The third kappa shape index (κ3) is 5.48. The number of likely N-dealkylation sites (tertiary alicyclic amines) is 1. The van der Waals surface area contributed by atoms with Crippen LogP contribution >= 0.6 is 0 Å². The number of aromatic nitrogens is 2. The molecule has 0 atom stereocenters. The van der Waals surface area contributed by atoms with E-state index in [1.165, 1.54) is 10.4 Å². The first kappa shape index (κ1) is 28.6. The molecule has 218 valence electrons. The maximum atomic E-state index is 13.5. The molecule has 1 spiro atoms. The fourth-order valence-electron chi connectivity index (χ4n) is 6.15. The number of rotatable bonds is 7. The molecule has 2 aromatic rings. The van der Waals surface area contributed by atoms with E-state index in [0.29, 0.717) is 24.2 Å². The monoisotopic (exact) mass is 582 g/mol. The van der Waals surface area contributed by atoms with Gasteiger partial charge >= 0.3 is 6.18 Å². The van der Waals surface area contributed by atoms with Gasteiger partial charge in [0, 0.05) is 49.4 Å². The molecule has 0 radical (unpaired) electrons. The minimum atomic E-state index is -4.76. The number of alkyl halides is 3. The third-order valence-corrected chi connectivity index (χ3v) is 9.71. The topological polar surface area (TPSA) is 131 Å². The second-order valence-corrected chi connectivity index (χ2v) is 12.9. The summed E-state index contributed by atoms with van der Waals surface area (Å²) in [4.78, 5) is 26.5. The van der Waals surface area contributed by atoms with Crippen LogP contribution in [0.1, 0.15) is 52.9 Å². The Morgan fingerprint density at radius 1 is 1.15 bits per heavy atom. The molecule has 0 aliphatic carbocycles. The van der Waals surface area contributed by atoms with E-state index in [4.69, 9.17) is 10.8 Å². The third-order valence-electron chi connectivity index (χ3n) is 8.46. The SMILES string of the molecule is CS(=O)(=O)N1CCc2c(c(-c3ccc(C(F)(F)F)c(C(N)=O)c3)nn2CCCN2CCC3(CCNC3=O)CC2)C1. The van der Waals surface area contributed by atoms with Crippen molar-refractivity contribution in [2.75, 3.05) is 39.0 Å². The zero-order valence-electron chi connectivity index (χ0n) is 22.3. The highest BCUT2D eigenvalue weighted by molar-refractivity contribution is 7.88. The molecule has 1 aromatic heterocycles. The van der Waals surface area contributed by atoms with Crippen LogP contribution in [0.5, 0.6) is 0 Å². The van der Waals surface area contributed by atoms with E-state index in [1.807, 2.05) is 4.68 Å². The van der Waals surface area contributed by atoms with Gasteiger partial charge in [0.2, 0.25) is 21.8 Å². The molecule has 0 saturated carbocycles. The minimum Gasteiger partial charge on any atom is -0.366 e. The number of nitrogens with one attached hydrogen (secondary N) is 1. The number of fused-ring (bicyclic) bond motifs is 1. The number of aryl methyl sites for hydroxylation is 1. The fourth-order valence-corrected chi connectivity index (χ4v) is 6.94. The van der Waals surface area contributed by atoms with Crippen molar-refractivity contribution < 1.29 is 31.2 Å². The molecule has 2 fully saturated rings. The number of sulfonamides is 1. The molecule has 4 heterocycles. The summed E-state index contributed by atoms with van der Waals surface area (Å²) in [7, 11) is -3.51. The Kier molecular flexibility index (Phi) is 7.46. The molecule has 0 unspecified atom stereocenters. The summed E-state index contributed by atoms with van der Waals surface area (Å²) in [6.45, 7) is 4.04. The quantitative estimate of drug-likeness (QED) is 0.514. The lowest BCUT2D eigenvalue weighted by Gasteiger charge is -2.37. The summed E-state index contributed by atoms with van der Waals surface area (Å²) >= 11 is 0. The van der Waals surface area contributed by atoms with Crippen molar-refractivity contribution in [3.63, 3.8) is 0 Å². The van der Waals surface area contributed by atoms with Crippen molar-refractivity contribution in [1.29, 1.82) is 0 Å². The normalized spacial score (nSPS) is 20.1. The number of halogens is 3. The van der Waals surface area contributed by atoms with Crippen molar-refractivity contribution in [3.05, 3.63) is 40.6 Å². The Hall–Kier alpha value is -2.97. The second-order valence-electron chi connectivity index (χ2n) is 10.9. The van der Waals surface area contributed by atoms with Crippen LogP contribution in [0.3, 0.4) is 0 Å². The first-order valence-electron chi connectivity index (χ1n) is 13.3. The molecule has 14 heteroatoms. The molecule has 3 aliphatic heterocycles. The number of hydrogen-bond acceptors (Lipinski definition) is 6. The molecule has 5 rings (SSSR count). The second kappa shape index (κ2) is 10.5. The zero-order chi connectivity index (χ0) is 28.9. The lowest BCUT2D eigenvalue weighted by Crippen LogP contribution is -2.44. The number of nitrogens with zero attached hydrogens (tertiary/aromatic N) is 4. The molecule has 2 saturated heterocycles. The van der Waals surface area contributed by atoms with Crippen molar-refractivity contribution in [1.82, 2.24) is 24.3 Å². The van der Waals surface area contributed by atoms with Crippen LogP contribution in [-0.2, 0) is 40.5 Å². The van der Waals surface area contributed by atoms with Crippen LogP contribution in [0.2, 0.25) is 0 Å².